The van der Waals surface area contributed by atoms with Crippen molar-refractivity contribution in [2.45, 2.75) is 76.3 Å². The van der Waals surface area contributed by atoms with Crippen molar-refractivity contribution in [2.75, 3.05) is 0 Å². The van der Waals surface area contributed by atoms with Crippen LogP contribution in [0.5, 0.6) is 0 Å². The Bertz CT molecular complexity index is 306. The predicted molar refractivity (Wildman–Crippen MR) is 73.1 cm³/mol. The van der Waals surface area contributed by atoms with E-state index >= 15 is 0 Å². The fourth-order valence-electron chi connectivity index (χ4n) is 2.99. The lowest BCUT2D eigenvalue weighted by Crippen LogP contribution is -2.43. The Morgan fingerprint density at radius 1 is 0.944 bits per heavy atom. The van der Waals surface area contributed by atoms with Gasteiger partial charge in [-0.1, -0.05) is 38.5 Å². The summed E-state index contributed by atoms with van der Waals surface area (Å²) in [5.74, 6) is 0.705. The van der Waals surface area contributed by atoms with Gasteiger partial charge in [-0.15, -0.1) is 0 Å². The quantitative estimate of drug-likeness (QED) is 0.342. The minimum absolute atomic E-state index is 0.408. The van der Waals surface area contributed by atoms with E-state index in [9.17, 15) is 0 Å². The summed E-state index contributed by atoms with van der Waals surface area (Å²) in [5, 5.41) is 15.0. The van der Waals surface area contributed by atoms with E-state index in [-0.39, 0.29) is 0 Å². The monoisotopic (exact) mass is 248 g/mol. The van der Waals surface area contributed by atoms with Gasteiger partial charge >= 0.3 is 0 Å². The van der Waals surface area contributed by atoms with Gasteiger partial charge in [0.05, 0.1) is 6.04 Å². The largest absolute Gasteiger partial charge is 0.353 e. The Kier molecular flexibility index (Phi) is 5.32. The summed E-state index contributed by atoms with van der Waals surface area (Å²) in [5.41, 5.74) is 0. The standard InChI is InChI=1S/C14H24N4/c15-11-16-14(17-12-7-3-1-4-8-12)18-13-9-5-2-6-10-13/h12-13H,1-10H2,(H2,16,17,18). The van der Waals surface area contributed by atoms with Crippen molar-refractivity contribution in [3.05, 3.63) is 0 Å². The van der Waals surface area contributed by atoms with Gasteiger partial charge < -0.3 is 5.32 Å². The molecule has 0 radical (unpaired) electrons. The van der Waals surface area contributed by atoms with E-state index in [1.165, 1.54) is 64.2 Å². The van der Waals surface area contributed by atoms with Gasteiger partial charge in [-0.2, -0.15) is 5.26 Å². The van der Waals surface area contributed by atoms with E-state index in [1.807, 2.05) is 6.19 Å². The second-order valence-corrected chi connectivity index (χ2v) is 5.49. The summed E-state index contributed by atoms with van der Waals surface area (Å²) >= 11 is 0. The van der Waals surface area contributed by atoms with E-state index in [2.05, 4.69) is 10.6 Å². The maximum Gasteiger partial charge on any atom is 0.205 e. The Morgan fingerprint density at radius 3 is 2.17 bits per heavy atom. The Morgan fingerprint density at radius 2 is 1.56 bits per heavy atom. The molecule has 0 spiro atoms. The molecule has 2 aliphatic rings. The second-order valence-electron chi connectivity index (χ2n) is 5.49. The number of nitrogens with one attached hydrogen (secondary N) is 2. The van der Waals surface area contributed by atoms with E-state index in [4.69, 9.17) is 10.3 Å². The number of nitrogens with zero attached hydrogens (tertiary/aromatic N) is 2. The molecule has 100 valence electrons. The molecule has 18 heavy (non-hydrogen) atoms. The molecule has 0 aliphatic heterocycles. The third kappa shape index (κ3) is 4.21. The Balaban J connectivity index is 1.89. The summed E-state index contributed by atoms with van der Waals surface area (Å²) < 4.78 is 0. The third-order valence-corrected chi connectivity index (χ3v) is 4.01. The molecule has 2 N–H and O–H groups in total. The van der Waals surface area contributed by atoms with Gasteiger partial charge in [0.25, 0.3) is 0 Å². The van der Waals surface area contributed by atoms with Gasteiger partial charge in [-0.05, 0) is 25.7 Å². The average Bonchev–Trinajstić information content (AvgIpc) is 2.41. The molecule has 2 saturated carbocycles. The molecule has 0 unspecified atom stereocenters. The van der Waals surface area contributed by atoms with Crippen molar-refractivity contribution in [3.63, 3.8) is 0 Å². The summed E-state index contributed by atoms with van der Waals surface area (Å²) in [6, 6.07) is 0.910. The van der Waals surface area contributed by atoms with Crippen LogP contribution in [0, 0.1) is 11.5 Å². The van der Waals surface area contributed by atoms with Gasteiger partial charge in [-0.25, -0.2) is 4.99 Å². The van der Waals surface area contributed by atoms with E-state index < -0.39 is 0 Å². The van der Waals surface area contributed by atoms with Crippen LogP contribution in [0.2, 0.25) is 0 Å². The van der Waals surface area contributed by atoms with E-state index in [0.717, 1.165) is 0 Å². The van der Waals surface area contributed by atoms with Crippen LogP contribution in [0.3, 0.4) is 0 Å². The minimum Gasteiger partial charge on any atom is -0.353 e. The van der Waals surface area contributed by atoms with Crippen molar-refractivity contribution >= 4 is 5.96 Å². The number of nitriles is 1. The molecule has 0 bridgehead atoms. The Labute approximate surface area is 110 Å². The molecular weight excluding hydrogens is 224 g/mol. The summed E-state index contributed by atoms with van der Waals surface area (Å²) in [6.45, 7) is 0. The number of rotatable bonds is 2. The molecule has 0 aromatic carbocycles. The first kappa shape index (κ1) is 13.2. The predicted octanol–water partition coefficient (Wildman–Crippen LogP) is 2.67. The Hall–Kier alpha value is -1.24. The van der Waals surface area contributed by atoms with Crippen molar-refractivity contribution in [1.82, 2.24) is 10.6 Å². The highest BCUT2D eigenvalue weighted by atomic mass is 15.2. The zero-order valence-corrected chi connectivity index (χ0v) is 11.1. The third-order valence-electron chi connectivity index (χ3n) is 4.01. The molecule has 0 atom stereocenters. The van der Waals surface area contributed by atoms with Crippen molar-refractivity contribution in [1.29, 1.82) is 5.26 Å². The van der Waals surface area contributed by atoms with Crippen LogP contribution in [0.15, 0.2) is 4.99 Å². The number of hydrogen-bond acceptors (Lipinski definition) is 2. The number of aliphatic imine (C=N–C) groups is 1. The molecule has 0 heterocycles. The molecule has 0 amide bonds. The molecule has 0 aromatic rings. The lowest BCUT2D eigenvalue weighted by Gasteiger charge is -2.25. The SMILES string of the molecule is N#CNC(=NC1CCCCC1)NC1CCCCC1. The molecule has 2 aliphatic carbocycles. The lowest BCUT2D eigenvalue weighted by atomic mass is 9.95. The normalized spacial score (nSPS) is 23.4. The van der Waals surface area contributed by atoms with Gasteiger partial charge in [0.1, 0.15) is 0 Å². The summed E-state index contributed by atoms with van der Waals surface area (Å²) in [4.78, 5) is 4.69. The summed E-state index contributed by atoms with van der Waals surface area (Å²) in [6.07, 6.45) is 14.6. The summed E-state index contributed by atoms with van der Waals surface area (Å²) in [7, 11) is 0. The molecule has 2 fully saturated rings. The van der Waals surface area contributed by atoms with Crippen LogP contribution in [0.1, 0.15) is 64.2 Å². The van der Waals surface area contributed by atoms with Gasteiger partial charge in [0.2, 0.25) is 5.96 Å². The molecule has 4 heteroatoms. The number of guanidine groups is 1. The second kappa shape index (κ2) is 7.25. The van der Waals surface area contributed by atoms with Gasteiger partial charge in [0, 0.05) is 6.04 Å². The maximum atomic E-state index is 8.81. The molecule has 2 rings (SSSR count). The molecule has 4 nitrogen and oxygen atoms in total. The first-order valence-corrected chi connectivity index (χ1v) is 7.38. The van der Waals surface area contributed by atoms with Crippen molar-refractivity contribution in [3.8, 4) is 6.19 Å². The van der Waals surface area contributed by atoms with E-state index in [1.54, 1.807) is 0 Å². The van der Waals surface area contributed by atoms with E-state index in [0.29, 0.717) is 18.0 Å². The highest BCUT2D eigenvalue weighted by Gasteiger charge is 2.17. The van der Waals surface area contributed by atoms with Crippen LogP contribution in [-0.4, -0.2) is 18.0 Å². The van der Waals surface area contributed by atoms with Crippen LogP contribution >= 0.6 is 0 Å². The van der Waals surface area contributed by atoms with Crippen LogP contribution < -0.4 is 10.6 Å². The van der Waals surface area contributed by atoms with Crippen molar-refractivity contribution in [2.24, 2.45) is 4.99 Å². The fourth-order valence-corrected chi connectivity index (χ4v) is 2.99. The van der Waals surface area contributed by atoms with Crippen LogP contribution in [0.4, 0.5) is 0 Å². The first-order valence-electron chi connectivity index (χ1n) is 7.38. The number of hydrogen-bond donors (Lipinski definition) is 2. The fraction of sp³-hybridized carbons (Fsp3) is 0.857. The zero-order chi connectivity index (χ0) is 12.6. The van der Waals surface area contributed by atoms with Crippen molar-refractivity contribution < 1.29 is 0 Å². The topological polar surface area (TPSA) is 60.2 Å². The average molecular weight is 248 g/mol. The van der Waals surface area contributed by atoms with Gasteiger partial charge in [0.15, 0.2) is 6.19 Å². The van der Waals surface area contributed by atoms with Crippen LogP contribution in [0.25, 0.3) is 0 Å². The lowest BCUT2D eigenvalue weighted by molar-refractivity contribution is 0.406. The zero-order valence-electron chi connectivity index (χ0n) is 11.1. The minimum atomic E-state index is 0.408. The molecule has 0 saturated heterocycles. The first-order chi connectivity index (χ1) is 8.88. The smallest absolute Gasteiger partial charge is 0.205 e. The van der Waals surface area contributed by atoms with Crippen LogP contribution in [-0.2, 0) is 0 Å². The molecular formula is C14H24N4. The maximum absolute atomic E-state index is 8.81. The highest BCUT2D eigenvalue weighted by molar-refractivity contribution is 5.81. The highest BCUT2D eigenvalue weighted by Crippen LogP contribution is 2.21. The van der Waals surface area contributed by atoms with Gasteiger partial charge in [-0.3, -0.25) is 5.32 Å². The molecule has 0 aromatic heterocycles.